The van der Waals surface area contributed by atoms with Crippen LogP contribution in [0.25, 0.3) is 0 Å². The van der Waals surface area contributed by atoms with Crippen LogP contribution in [-0.4, -0.2) is 5.78 Å². The van der Waals surface area contributed by atoms with Crippen molar-refractivity contribution in [3.63, 3.8) is 0 Å². The number of nitriles is 1. The number of nitrogens with zero attached hydrogens (tertiary/aromatic N) is 1. The summed E-state index contributed by atoms with van der Waals surface area (Å²) in [5.74, 6) is -0.136. The fourth-order valence-corrected chi connectivity index (χ4v) is 2.03. The number of carbonyl (C=O) groups is 1. The van der Waals surface area contributed by atoms with Crippen molar-refractivity contribution >= 4 is 21.7 Å². The Labute approximate surface area is 108 Å². The van der Waals surface area contributed by atoms with E-state index in [1.165, 1.54) is 0 Å². The molecule has 0 saturated carbocycles. The Morgan fingerprint density at radius 2 is 1.76 bits per heavy atom. The van der Waals surface area contributed by atoms with Gasteiger partial charge in [-0.2, -0.15) is 5.26 Å². The van der Waals surface area contributed by atoms with Crippen molar-refractivity contribution in [1.29, 1.82) is 5.26 Å². The van der Waals surface area contributed by atoms with E-state index in [1.54, 1.807) is 42.5 Å². The van der Waals surface area contributed by atoms with E-state index in [0.29, 0.717) is 21.2 Å². The van der Waals surface area contributed by atoms with Crippen LogP contribution >= 0.6 is 15.9 Å². The molecule has 0 radical (unpaired) electrons. The fourth-order valence-electron chi connectivity index (χ4n) is 1.57. The topological polar surface area (TPSA) is 40.9 Å². The quantitative estimate of drug-likeness (QED) is 0.792. The molecule has 0 amide bonds. The van der Waals surface area contributed by atoms with Gasteiger partial charge in [-0.3, -0.25) is 4.79 Å². The first kappa shape index (κ1) is 11.6. The molecule has 2 nitrogen and oxygen atoms in total. The van der Waals surface area contributed by atoms with Gasteiger partial charge in [0, 0.05) is 15.6 Å². The minimum atomic E-state index is -0.136. The first-order valence-electron chi connectivity index (χ1n) is 5.02. The number of carbonyl (C=O) groups excluding carboxylic acids is 1. The molecule has 3 heteroatoms. The highest BCUT2D eigenvalue weighted by molar-refractivity contribution is 9.10. The molecule has 0 N–H and O–H groups in total. The second-order valence-electron chi connectivity index (χ2n) is 3.47. The molecule has 0 fully saturated rings. The van der Waals surface area contributed by atoms with E-state index in [0.717, 1.165) is 0 Å². The number of hydrogen-bond donors (Lipinski definition) is 0. The predicted octanol–water partition coefficient (Wildman–Crippen LogP) is 3.55. The van der Waals surface area contributed by atoms with Crippen LogP contribution in [0.5, 0.6) is 0 Å². The summed E-state index contributed by atoms with van der Waals surface area (Å²) in [6.07, 6.45) is 0. The monoisotopic (exact) mass is 285 g/mol. The highest BCUT2D eigenvalue weighted by Gasteiger charge is 2.14. The van der Waals surface area contributed by atoms with E-state index in [-0.39, 0.29) is 5.78 Å². The summed E-state index contributed by atoms with van der Waals surface area (Å²) in [5.41, 5.74) is 1.39. The second kappa shape index (κ2) is 4.94. The van der Waals surface area contributed by atoms with Crippen molar-refractivity contribution in [3.05, 3.63) is 69.7 Å². The van der Waals surface area contributed by atoms with Gasteiger partial charge >= 0.3 is 0 Å². The highest BCUT2D eigenvalue weighted by atomic mass is 79.9. The van der Waals surface area contributed by atoms with Gasteiger partial charge in [-0.15, -0.1) is 0 Å². The van der Waals surface area contributed by atoms with Crippen molar-refractivity contribution in [2.45, 2.75) is 0 Å². The average Bonchev–Trinajstić information content (AvgIpc) is 2.38. The lowest BCUT2D eigenvalue weighted by Gasteiger charge is -2.04. The van der Waals surface area contributed by atoms with Gasteiger partial charge in [0.25, 0.3) is 0 Å². The molecule has 0 aromatic heterocycles. The molecule has 0 unspecified atom stereocenters. The van der Waals surface area contributed by atoms with Crippen LogP contribution in [0.1, 0.15) is 21.5 Å². The molecule has 0 bridgehead atoms. The third-order valence-electron chi connectivity index (χ3n) is 2.41. The molecular weight excluding hydrogens is 278 g/mol. The van der Waals surface area contributed by atoms with Crippen LogP contribution in [0.2, 0.25) is 0 Å². The number of ketones is 1. The van der Waals surface area contributed by atoms with Crippen LogP contribution in [-0.2, 0) is 0 Å². The Bertz CT molecular complexity index is 599. The Hall–Kier alpha value is -1.92. The molecular formula is C14H8BrNO. The molecule has 82 valence electrons. The van der Waals surface area contributed by atoms with Crippen LogP contribution in [0.15, 0.2) is 53.0 Å². The van der Waals surface area contributed by atoms with Crippen LogP contribution in [0, 0.1) is 11.3 Å². The van der Waals surface area contributed by atoms with Crippen molar-refractivity contribution in [2.24, 2.45) is 0 Å². The summed E-state index contributed by atoms with van der Waals surface area (Å²) in [6.45, 7) is 0. The average molecular weight is 286 g/mol. The zero-order valence-electron chi connectivity index (χ0n) is 8.85. The van der Waals surface area contributed by atoms with E-state index in [4.69, 9.17) is 5.26 Å². The predicted molar refractivity (Wildman–Crippen MR) is 68.7 cm³/mol. The van der Waals surface area contributed by atoms with E-state index in [9.17, 15) is 4.79 Å². The minimum Gasteiger partial charge on any atom is -0.289 e. The van der Waals surface area contributed by atoms with Gasteiger partial charge in [-0.1, -0.05) is 36.4 Å². The number of benzene rings is 2. The highest BCUT2D eigenvalue weighted by Crippen LogP contribution is 2.22. The minimum absolute atomic E-state index is 0.136. The zero-order chi connectivity index (χ0) is 12.3. The fraction of sp³-hybridized carbons (Fsp3) is 0. The lowest BCUT2D eigenvalue weighted by Crippen LogP contribution is -2.04. The maximum absolute atomic E-state index is 12.2. The van der Waals surface area contributed by atoms with E-state index in [1.807, 2.05) is 12.1 Å². The van der Waals surface area contributed by atoms with E-state index < -0.39 is 0 Å². The number of hydrogen-bond acceptors (Lipinski definition) is 2. The molecule has 0 spiro atoms. The molecule has 2 rings (SSSR count). The smallest absolute Gasteiger partial charge is 0.194 e. The van der Waals surface area contributed by atoms with E-state index in [2.05, 4.69) is 15.9 Å². The lowest BCUT2D eigenvalue weighted by molar-refractivity contribution is 0.103. The van der Waals surface area contributed by atoms with Gasteiger partial charge < -0.3 is 0 Å². The Morgan fingerprint density at radius 3 is 2.41 bits per heavy atom. The lowest BCUT2D eigenvalue weighted by atomic mass is 9.99. The van der Waals surface area contributed by atoms with Crippen LogP contribution in [0.4, 0.5) is 0 Å². The molecule has 2 aromatic rings. The molecule has 0 aliphatic carbocycles. The maximum atomic E-state index is 12.2. The third-order valence-corrected chi connectivity index (χ3v) is 3.07. The first-order valence-corrected chi connectivity index (χ1v) is 5.81. The second-order valence-corrected chi connectivity index (χ2v) is 4.32. The van der Waals surface area contributed by atoms with Gasteiger partial charge in [0.2, 0.25) is 0 Å². The van der Waals surface area contributed by atoms with Gasteiger partial charge in [0.15, 0.2) is 5.78 Å². The summed E-state index contributed by atoms with van der Waals surface area (Å²) >= 11 is 3.27. The summed E-state index contributed by atoms with van der Waals surface area (Å²) in [7, 11) is 0. The molecule has 2 aromatic carbocycles. The number of halogens is 1. The van der Waals surface area contributed by atoms with Crippen molar-refractivity contribution in [1.82, 2.24) is 0 Å². The standard InChI is InChI=1S/C14H8BrNO/c15-13-8-4-7-11(12(13)9-16)14(17)10-5-2-1-3-6-10/h1-8H. The maximum Gasteiger partial charge on any atom is 0.194 e. The van der Waals surface area contributed by atoms with Crippen LogP contribution in [0.3, 0.4) is 0 Å². The number of rotatable bonds is 2. The van der Waals surface area contributed by atoms with Gasteiger partial charge in [0.05, 0.1) is 5.56 Å². The molecule has 0 aliphatic rings. The normalized spacial score (nSPS) is 9.65. The molecule has 0 heterocycles. The molecule has 0 atom stereocenters. The van der Waals surface area contributed by atoms with Gasteiger partial charge in [-0.05, 0) is 28.1 Å². The summed E-state index contributed by atoms with van der Waals surface area (Å²) in [6, 6.07) is 16.2. The SMILES string of the molecule is N#Cc1c(Br)cccc1C(=O)c1ccccc1. The summed E-state index contributed by atoms with van der Waals surface area (Å²) in [4.78, 5) is 12.2. The first-order chi connectivity index (χ1) is 8.24. The van der Waals surface area contributed by atoms with Gasteiger partial charge in [0.1, 0.15) is 6.07 Å². The Morgan fingerprint density at radius 1 is 1.06 bits per heavy atom. The summed E-state index contributed by atoms with van der Waals surface area (Å²) in [5, 5.41) is 9.06. The van der Waals surface area contributed by atoms with E-state index >= 15 is 0 Å². The van der Waals surface area contributed by atoms with Gasteiger partial charge in [-0.25, -0.2) is 0 Å². The molecule has 0 saturated heterocycles. The molecule has 17 heavy (non-hydrogen) atoms. The summed E-state index contributed by atoms with van der Waals surface area (Å²) < 4.78 is 0.641. The van der Waals surface area contributed by atoms with Crippen molar-refractivity contribution in [2.75, 3.05) is 0 Å². The Kier molecular flexibility index (Phi) is 3.36. The molecule has 0 aliphatic heterocycles. The largest absolute Gasteiger partial charge is 0.289 e. The zero-order valence-corrected chi connectivity index (χ0v) is 10.4. The van der Waals surface area contributed by atoms with Crippen molar-refractivity contribution < 1.29 is 4.79 Å². The van der Waals surface area contributed by atoms with Crippen molar-refractivity contribution in [3.8, 4) is 6.07 Å². The Balaban J connectivity index is 2.53. The third kappa shape index (κ3) is 2.27. The van der Waals surface area contributed by atoms with Crippen LogP contribution < -0.4 is 0 Å².